The Labute approximate surface area is 165 Å². The van der Waals surface area contributed by atoms with Gasteiger partial charge < -0.3 is 4.74 Å². The smallest absolute Gasteiger partial charge is 0.339 e. The van der Waals surface area contributed by atoms with Crippen molar-refractivity contribution >= 4 is 12.0 Å². The summed E-state index contributed by atoms with van der Waals surface area (Å²) in [5, 5.41) is 0. The zero-order valence-electron chi connectivity index (χ0n) is 15.7. The summed E-state index contributed by atoms with van der Waals surface area (Å²) in [6.45, 7) is 1.61. The summed E-state index contributed by atoms with van der Waals surface area (Å²) in [4.78, 5) is 14.9. The molecule has 0 aliphatic carbocycles. The number of likely N-dealkylation sites (tertiary alicyclic amines) is 1. The van der Waals surface area contributed by atoms with Gasteiger partial charge in [0.25, 0.3) is 0 Å². The Bertz CT molecular complexity index is 936. The van der Waals surface area contributed by atoms with Gasteiger partial charge in [-0.15, -0.1) is 0 Å². The quantitative estimate of drug-likeness (QED) is 0.582. The summed E-state index contributed by atoms with van der Waals surface area (Å²) in [7, 11) is 0. The topological polar surface area (TPSA) is 29.5 Å². The lowest BCUT2D eigenvalue weighted by molar-refractivity contribution is -0.00358. The number of hydrogen-bond acceptors (Lipinski definition) is 3. The van der Waals surface area contributed by atoms with Crippen LogP contribution in [-0.2, 0) is 11.3 Å². The second-order valence-corrected chi connectivity index (χ2v) is 6.96. The van der Waals surface area contributed by atoms with Crippen molar-refractivity contribution in [2.24, 2.45) is 0 Å². The average Bonchev–Trinajstić information content (AvgIpc) is 3.11. The summed E-state index contributed by atoms with van der Waals surface area (Å²) in [5.74, 6) is -0.287. The van der Waals surface area contributed by atoms with E-state index in [9.17, 15) is 4.79 Å². The molecule has 0 aromatic heterocycles. The first-order valence-electron chi connectivity index (χ1n) is 9.59. The molecule has 1 aliphatic heterocycles. The van der Waals surface area contributed by atoms with Crippen molar-refractivity contribution in [1.82, 2.24) is 4.90 Å². The van der Waals surface area contributed by atoms with Gasteiger partial charge in [0.15, 0.2) is 6.23 Å². The van der Waals surface area contributed by atoms with Gasteiger partial charge in [0.1, 0.15) is 0 Å². The Morgan fingerprint density at radius 1 is 0.893 bits per heavy atom. The van der Waals surface area contributed by atoms with Crippen LogP contribution in [0.1, 0.15) is 27.9 Å². The molecular formula is C25H23NO2. The van der Waals surface area contributed by atoms with Crippen LogP contribution in [0.25, 0.3) is 6.08 Å². The van der Waals surface area contributed by atoms with E-state index in [0.29, 0.717) is 5.56 Å². The van der Waals surface area contributed by atoms with E-state index >= 15 is 0 Å². The maximum Gasteiger partial charge on any atom is 0.339 e. The Kier molecular flexibility index (Phi) is 5.64. The van der Waals surface area contributed by atoms with Crippen molar-refractivity contribution in [2.45, 2.75) is 19.2 Å². The first kappa shape index (κ1) is 18.2. The monoisotopic (exact) mass is 369 g/mol. The highest BCUT2D eigenvalue weighted by molar-refractivity contribution is 5.89. The molecule has 1 aliphatic rings. The zero-order chi connectivity index (χ0) is 19.2. The van der Waals surface area contributed by atoms with E-state index in [2.05, 4.69) is 35.2 Å². The van der Waals surface area contributed by atoms with Crippen LogP contribution in [0.15, 0.2) is 96.6 Å². The third-order valence-corrected chi connectivity index (χ3v) is 4.94. The molecule has 0 saturated carbocycles. The SMILES string of the molecule is O=C(OC1/C(=C/c2ccccc2)CCN1Cc1ccccc1)c1ccccc1. The van der Waals surface area contributed by atoms with Gasteiger partial charge in [-0.1, -0.05) is 84.9 Å². The van der Waals surface area contributed by atoms with Crippen LogP contribution in [-0.4, -0.2) is 23.6 Å². The first-order valence-corrected chi connectivity index (χ1v) is 9.59. The largest absolute Gasteiger partial charge is 0.439 e. The molecule has 0 spiro atoms. The van der Waals surface area contributed by atoms with Crippen molar-refractivity contribution < 1.29 is 9.53 Å². The van der Waals surface area contributed by atoms with Gasteiger partial charge in [0, 0.05) is 13.1 Å². The second-order valence-electron chi connectivity index (χ2n) is 6.96. The van der Waals surface area contributed by atoms with E-state index in [1.165, 1.54) is 5.56 Å². The maximum atomic E-state index is 12.7. The maximum absolute atomic E-state index is 12.7. The molecule has 0 bridgehead atoms. The highest BCUT2D eigenvalue weighted by Gasteiger charge is 2.32. The summed E-state index contributed by atoms with van der Waals surface area (Å²) in [6.07, 6.45) is 2.68. The molecule has 3 nitrogen and oxygen atoms in total. The molecule has 3 heteroatoms. The molecule has 28 heavy (non-hydrogen) atoms. The normalized spacial score (nSPS) is 18.3. The Balaban J connectivity index is 1.59. The van der Waals surface area contributed by atoms with Crippen LogP contribution >= 0.6 is 0 Å². The Morgan fingerprint density at radius 2 is 1.50 bits per heavy atom. The second kappa shape index (κ2) is 8.68. The van der Waals surface area contributed by atoms with Gasteiger partial charge >= 0.3 is 5.97 Å². The van der Waals surface area contributed by atoms with E-state index in [1.807, 2.05) is 54.6 Å². The number of rotatable bonds is 5. The number of carbonyl (C=O) groups excluding carboxylic acids is 1. The van der Waals surface area contributed by atoms with Crippen LogP contribution in [0.4, 0.5) is 0 Å². The average molecular weight is 369 g/mol. The van der Waals surface area contributed by atoms with Gasteiger partial charge in [-0.2, -0.15) is 0 Å². The van der Waals surface area contributed by atoms with Gasteiger partial charge in [-0.3, -0.25) is 4.90 Å². The molecule has 1 heterocycles. The molecule has 1 unspecified atom stereocenters. The number of nitrogens with zero attached hydrogens (tertiary/aromatic N) is 1. The molecule has 3 aromatic carbocycles. The van der Waals surface area contributed by atoms with Gasteiger partial charge in [-0.25, -0.2) is 4.79 Å². The fourth-order valence-corrected chi connectivity index (χ4v) is 3.53. The molecule has 4 rings (SSSR count). The highest BCUT2D eigenvalue weighted by atomic mass is 16.6. The van der Waals surface area contributed by atoms with E-state index < -0.39 is 0 Å². The minimum atomic E-state index is -0.354. The van der Waals surface area contributed by atoms with E-state index in [1.54, 1.807) is 12.1 Å². The van der Waals surface area contributed by atoms with Crippen LogP contribution in [0.3, 0.4) is 0 Å². The van der Waals surface area contributed by atoms with E-state index in [-0.39, 0.29) is 12.2 Å². The van der Waals surface area contributed by atoms with Crippen LogP contribution < -0.4 is 0 Å². The molecule has 1 saturated heterocycles. The number of esters is 1. The lowest BCUT2D eigenvalue weighted by Crippen LogP contribution is -2.34. The summed E-state index contributed by atoms with van der Waals surface area (Å²) < 4.78 is 5.99. The Hall–Kier alpha value is -3.17. The van der Waals surface area contributed by atoms with Crippen molar-refractivity contribution in [3.05, 3.63) is 113 Å². The number of benzene rings is 3. The highest BCUT2D eigenvalue weighted by Crippen LogP contribution is 2.29. The van der Waals surface area contributed by atoms with Crippen LogP contribution in [0.2, 0.25) is 0 Å². The molecule has 1 atom stereocenters. The molecule has 0 amide bonds. The third-order valence-electron chi connectivity index (χ3n) is 4.94. The molecule has 1 fully saturated rings. The number of ether oxygens (including phenoxy) is 1. The van der Waals surface area contributed by atoms with Crippen LogP contribution in [0.5, 0.6) is 0 Å². The predicted octanol–water partition coefficient (Wildman–Crippen LogP) is 5.16. The zero-order valence-corrected chi connectivity index (χ0v) is 15.7. The number of carbonyl (C=O) groups is 1. The summed E-state index contributed by atoms with van der Waals surface area (Å²) in [6, 6.07) is 29.7. The Morgan fingerprint density at radius 3 is 2.18 bits per heavy atom. The molecule has 0 N–H and O–H groups in total. The third kappa shape index (κ3) is 4.38. The number of hydrogen-bond donors (Lipinski definition) is 0. The van der Waals surface area contributed by atoms with Gasteiger partial charge in [-0.05, 0) is 35.3 Å². The van der Waals surface area contributed by atoms with E-state index in [4.69, 9.17) is 4.74 Å². The molecule has 3 aromatic rings. The summed E-state index contributed by atoms with van der Waals surface area (Å²) in [5.41, 5.74) is 4.04. The minimum absolute atomic E-state index is 0.287. The fraction of sp³-hybridized carbons (Fsp3) is 0.160. The lowest BCUT2D eigenvalue weighted by atomic mass is 10.1. The predicted molar refractivity (Wildman–Crippen MR) is 112 cm³/mol. The van der Waals surface area contributed by atoms with E-state index in [0.717, 1.165) is 30.6 Å². The minimum Gasteiger partial charge on any atom is -0.439 e. The van der Waals surface area contributed by atoms with Crippen molar-refractivity contribution in [1.29, 1.82) is 0 Å². The molecule has 140 valence electrons. The standard InChI is InChI=1S/C25H23NO2/c27-25(22-14-8-3-9-15-22)28-24-23(18-20-10-4-1-5-11-20)16-17-26(24)19-21-12-6-2-7-13-21/h1-15,18,24H,16-17,19H2/b23-18+. The van der Waals surface area contributed by atoms with Crippen molar-refractivity contribution in [3.8, 4) is 0 Å². The van der Waals surface area contributed by atoms with Gasteiger partial charge in [0.05, 0.1) is 5.56 Å². The van der Waals surface area contributed by atoms with Gasteiger partial charge in [0.2, 0.25) is 0 Å². The van der Waals surface area contributed by atoms with Crippen LogP contribution in [0, 0.1) is 0 Å². The first-order chi connectivity index (χ1) is 13.8. The lowest BCUT2D eigenvalue weighted by Gasteiger charge is -2.25. The summed E-state index contributed by atoms with van der Waals surface area (Å²) >= 11 is 0. The molecule has 0 radical (unpaired) electrons. The molecular weight excluding hydrogens is 346 g/mol. The van der Waals surface area contributed by atoms with Crippen molar-refractivity contribution in [2.75, 3.05) is 6.54 Å². The van der Waals surface area contributed by atoms with Crippen molar-refractivity contribution in [3.63, 3.8) is 0 Å². The fourth-order valence-electron chi connectivity index (χ4n) is 3.53.